The van der Waals surface area contributed by atoms with Crippen LogP contribution in [0.1, 0.15) is 10.4 Å². The van der Waals surface area contributed by atoms with E-state index in [0.717, 1.165) is 23.9 Å². The third-order valence-corrected chi connectivity index (χ3v) is 3.10. The number of amides is 1. The standard InChI is InChI=1S/C16H16F2N2O/c1-20(13-5-3-2-4-6-13)10-9-19-16(21)14-11-12(17)7-8-15(14)18/h2-8,11H,9-10H2,1H3,(H,19,21). The van der Waals surface area contributed by atoms with E-state index in [2.05, 4.69) is 5.32 Å². The zero-order valence-electron chi connectivity index (χ0n) is 11.6. The first-order chi connectivity index (χ1) is 10.1. The molecule has 0 saturated heterocycles. The number of nitrogens with one attached hydrogen (secondary N) is 1. The van der Waals surface area contributed by atoms with Crippen molar-refractivity contribution in [2.24, 2.45) is 0 Å². The van der Waals surface area contributed by atoms with Crippen molar-refractivity contribution in [3.63, 3.8) is 0 Å². The molecule has 1 amide bonds. The average molecular weight is 290 g/mol. The van der Waals surface area contributed by atoms with Crippen LogP contribution in [-0.2, 0) is 0 Å². The van der Waals surface area contributed by atoms with Crippen molar-refractivity contribution >= 4 is 11.6 Å². The SMILES string of the molecule is CN(CCNC(=O)c1cc(F)ccc1F)c1ccccc1. The molecule has 21 heavy (non-hydrogen) atoms. The number of hydrogen-bond donors (Lipinski definition) is 1. The summed E-state index contributed by atoms with van der Waals surface area (Å²) in [5.74, 6) is -1.98. The fourth-order valence-corrected chi connectivity index (χ4v) is 1.92. The molecule has 0 unspecified atom stereocenters. The molecule has 0 aliphatic heterocycles. The van der Waals surface area contributed by atoms with Gasteiger partial charge in [0.05, 0.1) is 5.56 Å². The van der Waals surface area contributed by atoms with E-state index in [1.165, 1.54) is 0 Å². The first kappa shape index (κ1) is 15.0. The second-order valence-electron chi connectivity index (χ2n) is 4.64. The summed E-state index contributed by atoms with van der Waals surface area (Å²) in [6.45, 7) is 0.896. The summed E-state index contributed by atoms with van der Waals surface area (Å²) in [7, 11) is 1.89. The van der Waals surface area contributed by atoms with Gasteiger partial charge in [-0.1, -0.05) is 18.2 Å². The third kappa shape index (κ3) is 4.02. The highest BCUT2D eigenvalue weighted by molar-refractivity contribution is 5.94. The summed E-state index contributed by atoms with van der Waals surface area (Å²) < 4.78 is 26.5. The molecule has 2 aromatic rings. The van der Waals surface area contributed by atoms with Gasteiger partial charge in [0.1, 0.15) is 11.6 Å². The van der Waals surface area contributed by atoms with Gasteiger partial charge in [0.2, 0.25) is 0 Å². The Kier molecular flexibility index (Phi) is 4.87. The molecule has 0 aromatic heterocycles. The van der Waals surface area contributed by atoms with Crippen molar-refractivity contribution in [2.45, 2.75) is 0 Å². The summed E-state index contributed by atoms with van der Waals surface area (Å²) >= 11 is 0. The first-order valence-electron chi connectivity index (χ1n) is 6.57. The van der Waals surface area contributed by atoms with Crippen molar-refractivity contribution in [3.05, 3.63) is 65.7 Å². The van der Waals surface area contributed by atoms with Crippen LogP contribution in [-0.4, -0.2) is 26.0 Å². The van der Waals surface area contributed by atoms with Crippen molar-refractivity contribution < 1.29 is 13.6 Å². The van der Waals surface area contributed by atoms with Gasteiger partial charge >= 0.3 is 0 Å². The van der Waals surface area contributed by atoms with Gasteiger partial charge in [-0.05, 0) is 30.3 Å². The number of carbonyl (C=O) groups excluding carboxylic acids is 1. The Hall–Kier alpha value is -2.43. The maximum Gasteiger partial charge on any atom is 0.254 e. The van der Waals surface area contributed by atoms with Crippen LogP contribution >= 0.6 is 0 Å². The molecule has 3 nitrogen and oxygen atoms in total. The monoisotopic (exact) mass is 290 g/mol. The number of hydrogen-bond acceptors (Lipinski definition) is 2. The highest BCUT2D eigenvalue weighted by atomic mass is 19.1. The number of carbonyl (C=O) groups is 1. The molecule has 0 atom stereocenters. The van der Waals surface area contributed by atoms with E-state index in [1.807, 2.05) is 42.3 Å². The lowest BCUT2D eigenvalue weighted by Crippen LogP contribution is -2.33. The molecule has 0 fully saturated rings. The zero-order chi connectivity index (χ0) is 15.2. The summed E-state index contributed by atoms with van der Waals surface area (Å²) in [4.78, 5) is 13.8. The fourth-order valence-electron chi connectivity index (χ4n) is 1.92. The molecule has 0 aliphatic rings. The van der Waals surface area contributed by atoms with Crippen molar-refractivity contribution in [3.8, 4) is 0 Å². The Morgan fingerprint density at radius 2 is 1.86 bits per heavy atom. The number of likely N-dealkylation sites (N-methyl/N-ethyl adjacent to an activating group) is 1. The molecule has 5 heteroatoms. The number of anilines is 1. The molecule has 110 valence electrons. The van der Waals surface area contributed by atoms with E-state index in [1.54, 1.807) is 0 Å². The number of para-hydroxylation sites is 1. The van der Waals surface area contributed by atoms with Gasteiger partial charge < -0.3 is 10.2 Å². The smallest absolute Gasteiger partial charge is 0.254 e. The highest BCUT2D eigenvalue weighted by Gasteiger charge is 2.12. The molecular formula is C16H16F2N2O. The minimum absolute atomic E-state index is 0.280. The summed E-state index contributed by atoms with van der Waals surface area (Å²) in [6.07, 6.45) is 0. The van der Waals surface area contributed by atoms with Gasteiger partial charge in [0.25, 0.3) is 5.91 Å². The van der Waals surface area contributed by atoms with Gasteiger partial charge in [-0.3, -0.25) is 4.79 Å². The zero-order valence-corrected chi connectivity index (χ0v) is 11.6. The van der Waals surface area contributed by atoms with E-state index >= 15 is 0 Å². The number of nitrogens with zero attached hydrogens (tertiary/aromatic N) is 1. The molecule has 1 N–H and O–H groups in total. The lowest BCUT2D eigenvalue weighted by molar-refractivity contribution is 0.0950. The molecule has 0 bridgehead atoms. The van der Waals surface area contributed by atoms with E-state index < -0.39 is 17.5 Å². The summed E-state index contributed by atoms with van der Waals surface area (Å²) in [5, 5.41) is 2.58. The molecule has 0 saturated carbocycles. The number of benzene rings is 2. The van der Waals surface area contributed by atoms with Crippen LogP contribution in [0.4, 0.5) is 14.5 Å². The van der Waals surface area contributed by atoms with Crippen LogP contribution in [0, 0.1) is 11.6 Å². The Morgan fingerprint density at radius 1 is 1.14 bits per heavy atom. The average Bonchev–Trinajstić information content (AvgIpc) is 2.50. The summed E-state index contributed by atoms with van der Waals surface area (Å²) in [6, 6.07) is 12.5. The fraction of sp³-hybridized carbons (Fsp3) is 0.188. The van der Waals surface area contributed by atoms with Crippen molar-refractivity contribution in [1.82, 2.24) is 5.32 Å². The van der Waals surface area contributed by atoms with Gasteiger partial charge in [0.15, 0.2) is 0 Å². The quantitative estimate of drug-likeness (QED) is 0.918. The van der Waals surface area contributed by atoms with Crippen LogP contribution in [0.5, 0.6) is 0 Å². The third-order valence-electron chi connectivity index (χ3n) is 3.10. The predicted molar refractivity (Wildman–Crippen MR) is 78.4 cm³/mol. The topological polar surface area (TPSA) is 32.3 Å². The number of halogens is 2. The first-order valence-corrected chi connectivity index (χ1v) is 6.57. The minimum Gasteiger partial charge on any atom is -0.373 e. The number of rotatable bonds is 5. The summed E-state index contributed by atoms with van der Waals surface area (Å²) in [5.41, 5.74) is 0.737. The Morgan fingerprint density at radius 3 is 2.57 bits per heavy atom. The van der Waals surface area contributed by atoms with Gasteiger partial charge in [-0.25, -0.2) is 8.78 Å². The van der Waals surface area contributed by atoms with Crippen LogP contribution in [0.25, 0.3) is 0 Å². The Balaban J connectivity index is 1.88. The van der Waals surface area contributed by atoms with E-state index in [9.17, 15) is 13.6 Å². The lowest BCUT2D eigenvalue weighted by atomic mass is 10.2. The molecule has 0 heterocycles. The Labute approximate surface area is 122 Å². The highest BCUT2D eigenvalue weighted by Crippen LogP contribution is 2.11. The second-order valence-corrected chi connectivity index (χ2v) is 4.64. The molecular weight excluding hydrogens is 274 g/mol. The van der Waals surface area contributed by atoms with Crippen LogP contribution < -0.4 is 10.2 Å². The van der Waals surface area contributed by atoms with Crippen molar-refractivity contribution in [1.29, 1.82) is 0 Å². The molecule has 0 aliphatic carbocycles. The minimum atomic E-state index is -0.731. The van der Waals surface area contributed by atoms with Gasteiger partial charge in [0, 0.05) is 25.8 Å². The maximum atomic E-state index is 13.4. The van der Waals surface area contributed by atoms with Gasteiger partial charge in [-0.2, -0.15) is 0 Å². The lowest BCUT2D eigenvalue weighted by Gasteiger charge is -2.19. The van der Waals surface area contributed by atoms with Crippen molar-refractivity contribution in [2.75, 3.05) is 25.0 Å². The Bertz CT molecular complexity index is 617. The largest absolute Gasteiger partial charge is 0.373 e. The van der Waals surface area contributed by atoms with E-state index in [-0.39, 0.29) is 5.56 Å². The second kappa shape index (κ2) is 6.83. The van der Waals surface area contributed by atoms with Crippen LogP contribution in [0.3, 0.4) is 0 Å². The van der Waals surface area contributed by atoms with E-state index in [4.69, 9.17) is 0 Å². The van der Waals surface area contributed by atoms with Crippen LogP contribution in [0.2, 0.25) is 0 Å². The molecule has 0 radical (unpaired) electrons. The maximum absolute atomic E-state index is 13.4. The van der Waals surface area contributed by atoms with Gasteiger partial charge in [-0.15, -0.1) is 0 Å². The molecule has 0 spiro atoms. The van der Waals surface area contributed by atoms with Crippen LogP contribution in [0.15, 0.2) is 48.5 Å². The molecule has 2 aromatic carbocycles. The van der Waals surface area contributed by atoms with E-state index in [0.29, 0.717) is 13.1 Å². The normalized spacial score (nSPS) is 10.2. The molecule has 2 rings (SSSR count). The predicted octanol–water partition coefficient (Wildman–Crippen LogP) is 2.83.